The summed E-state index contributed by atoms with van der Waals surface area (Å²) < 4.78 is 6.50. The molecule has 1 aromatic heterocycles. The van der Waals surface area contributed by atoms with Crippen LogP contribution in [0.15, 0.2) is 82.5 Å². The molecule has 0 aliphatic rings. The smallest absolute Gasteiger partial charge is 0.317 e. The summed E-state index contributed by atoms with van der Waals surface area (Å²) in [6.07, 6.45) is 0.241. The van der Waals surface area contributed by atoms with E-state index in [1.165, 1.54) is 16.4 Å². The molecule has 162 valence electrons. The van der Waals surface area contributed by atoms with Gasteiger partial charge >= 0.3 is 5.97 Å². The molecular formula is C24H21N3O4S. The number of carbonyl (C=O) groups is 1. The maximum absolute atomic E-state index is 12.6. The molecule has 1 unspecified atom stereocenters. The van der Waals surface area contributed by atoms with Crippen LogP contribution in [0.3, 0.4) is 0 Å². The second-order valence-electron chi connectivity index (χ2n) is 7.12. The first-order valence-electron chi connectivity index (χ1n) is 10.0. The number of hydrogen-bond donors (Lipinski definition) is 1. The number of aromatic nitrogens is 3. The van der Waals surface area contributed by atoms with E-state index in [0.29, 0.717) is 10.9 Å². The van der Waals surface area contributed by atoms with Gasteiger partial charge in [-0.3, -0.25) is 9.59 Å². The molecule has 4 rings (SSSR count). The third kappa shape index (κ3) is 4.81. The molecule has 0 fully saturated rings. The highest BCUT2D eigenvalue weighted by Crippen LogP contribution is 2.30. The van der Waals surface area contributed by atoms with E-state index in [2.05, 4.69) is 10.3 Å². The Hall–Kier alpha value is -3.65. The highest BCUT2D eigenvalue weighted by Gasteiger charge is 2.20. The van der Waals surface area contributed by atoms with Gasteiger partial charge in [-0.05, 0) is 53.9 Å². The van der Waals surface area contributed by atoms with Gasteiger partial charge in [-0.25, -0.2) is 4.68 Å². The summed E-state index contributed by atoms with van der Waals surface area (Å²) in [7, 11) is 1.63. The Balaban J connectivity index is 1.46. The van der Waals surface area contributed by atoms with Crippen molar-refractivity contribution in [3.8, 4) is 16.9 Å². The van der Waals surface area contributed by atoms with Crippen molar-refractivity contribution in [2.24, 2.45) is 0 Å². The molecule has 0 radical (unpaired) electrons. The normalized spacial score (nSPS) is 11.9. The van der Waals surface area contributed by atoms with Gasteiger partial charge < -0.3 is 9.84 Å². The lowest BCUT2D eigenvalue weighted by Crippen LogP contribution is -2.27. The van der Waals surface area contributed by atoms with E-state index in [9.17, 15) is 14.7 Å². The lowest BCUT2D eigenvalue weighted by atomic mass is 10.1. The second-order valence-corrected chi connectivity index (χ2v) is 8.40. The molecule has 32 heavy (non-hydrogen) atoms. The minimum atomic E-state index is -0.936. The van der Waals surface area contributed by atoms with E-state index in [-0.39, 0.29) is 18.5 Å². The maximum Gasteiger partial charge on any atom is 0.317 e. The summed E-state index contributed by atoms with van der Waals surface area (Å²) in [4.78, 5) is 25.2. The molecule has 7 nitrogen and oxygen atoms in total. The lowest BCUT2D eigenvalue weighted by Gasteiger charge is -2.13. The Bertz CT molecular complexity index is 1300. The van der Waals surface area contributed by atoms with Gasteiger partial charge in [0.1, 0.15) is 16.5 Å². The Morgan fingerprint density at radius 3 is 2.59 bits per heavy atom. The number of benzene rings is 3. The number of carboxylic acids is 1. The molecule has 0 bridgehead atoms. The fourth-order valence-corrected chi connectivity index (χ4v) is 4.28. The average Bonchev–Trinajstić information content (AvgIpc) is 2.83. The molecule has 1 heterocycles. The third-order valence-electron chi connectivity index (χ3n) is 5.04. The van der Waals surface area contributed by atoms with E-state index in [4.69, 9.17) is 4.74 Å². The van der Waals surface area contributed by atoms with Crippen LogP contribution in [0, 0.1) is 0 Å². The summed E-state index contributed by atoms with van der Waals surface area (Å²) >= 11 is 1.25. The Morgan fingerprint density at radius 1 is 1.06 bits per heavy atom. The topological polar surface area (TPSA) is 94.3 Å². The van der Waals surface area contributed by atoms with Crippen molar-refractivity contribution in [1.29, 1.82) is 0 Å². The highest BCUT2D eigenvalue weighted by molar-refractivity contribution is 8.00. The van der Waals surface area contributed by atoms with Crippen molar-refractivity contribution in [3.63, 3.8) is 0 Å². The average molecular weight is 448 g/mol. The Kier molecular flexibility index (Phi) is 6.51. The zero-order chi connectivity index (χ0) is 22.5. The van der Waals surface area contributed by atoms with Crippen LogP contribution in [0.2, 0.25) is 0 Å². The van der Waals surface area contributed by atoms with Gasteiger partial charge in [0, 0.05) is 11.4 Å². The van der Waals surface area contributed by atoms with Crippen molar-refractivity contribution in [2.45, 2.75) is 23.1 Å². The quantitative estimate of drug-likeness (QED) is 0.406. The molecule has 1 atom stereocenters. The van der Waals surface area contributed by atoms with Gasteiger partial charge in [0.05, 0.1) is 12.5 Å². The predicted octanol–water partition coefficient (Wildman–Crippen LogP) is 4.10. The molecule has 0 spiro atoms. The molecule has 3 aromatic carbocycles. The monoisotopic (exact) mass is 447 g/mol. The first-order valence-corrected chi connectivity index (χ1v) is 10.9. The van der Waals surface area contributed by atoms with Crippen LogP contribution in [-0.4, -0.2) is 38.4 Å². The highest BCUT2D eigenvalue weighted by atomic mass is 32.2. The number of carboxylic acid groups (broad SMARTS) is 1. The Morgan fingerprint density at radius 2 is 1.84 bits per heavy atom. The van der Waals surface area contributed by atoms with Gasteiger partial charge in [0.15, 0.2) is 0 Å². The van der Waals surface area contributed by atoms with Gasteiger partial charge in [-0.2, -0.15) is 0 Å². The van der Waals surface area contributed by atoms with Crippen molar-refractivity contribution in [1.82, 2.24) is 15.0 Å². The van der Waals surface area contributed by atoms with Crippen molar-refractivity contribution < 1.29 is 14.6 Å². The van der Waals surface area contributed by atoms with Gasteiger partial charge in [0.25, 0.3) is 5.56 Å². The number of aliphatic carboxylic acids is 1. The number of hydrogen-bond acceptors (Lipinski definition) is 6. The van der Waals surface area contributed by atoms with E-state index in [1.807, 2.05) is 48.5 Å². The van der Waals surface area contributed by atoms with Crippen LogP contribution in [0.1, 0.15) is 6.42 Å². The van der Waals surface area contributed by atoms with Crippen molar-refractivity contribution in [2.75, 3.05) is 7.11 Å². The zero-order valence-corrected chi connectivity index (χ0v) is 18.2. The predicted molar refractivity (Wildman–Crippen MR) is 124 cm³/mol. The molecule has 0 amide bonds. The lowest BCUT2D eigenvalue weighted by molar-refractivity contribution is -0.136. The summed E-state index contributed by atoms with van der Waals surface area (Å²) in [5, 5.41) is 17.4. The number of thioether (sulfide) groups is 1. The molecule has 0 saturated heterocycles. The van der Waals surface area contributed by atoms with Gasteiger partial charge in [-0.15, -0.1) is 16.9 Å². The number of fused-ring (bicyclic) bond motifs is 1. The summed E-state index contributed by atoms with van der Waals surface area (Å²) in [6, 6.07) is 22.4. The first-order chi connectivity index (χ1) is 15.5. The van der Waals surface area contributed by atoms with Crippen LogP contribution in [0.5, 0.6) is 5.75 Å². The van der Waals surface area contributed by atoms with Gasteiger partial charge in [-0.1, -0.05) is 41.6 Å². The molecule has 0 saturated carbocycles. The summed E-state index contributed by atoms with van der Waals surface area (Å²) in [5.41, 5.74) is 2.28. The van der Waals surface area contributed by atoms with E-state index < -0.39 is 11.2 Å². The SMILES string of the molecule is COc1cccc(-c2ccc(SC(CCn3nnc4ccccc4c3=O)C(=O)O)cc2)c1. The van der Waals surface area contributed by atoms with Crippen molar-refractivity contribution in [3.05, 3.63) is 83.2 Å². The molecule has 0 aliphatic heterocycles. The third-order valence-corrected chi connectivity index (χ3v) is 6.31. The van der Waals surface area contributed by atoms with Gasteiger partial charge in [0.2, 0.25) is 0 Å². The fraction of sp³-hybridized carbons (Fsp3) is 0.167. The minimum Gasteiger partial charge on any atom is -0.497 e. The molecule has 4 aromatic rings. The van der Waals surface area contributed by atoms with Crippen LogP contribution in [-0.2, 0) is 11.3 Å². The first kappa shape index (κ1) is 21.6. The number of methoxy groups -OCH3 is 1. The van der Waals surface area contributed by atoms with Crippen LogP contribution in [0.25, 0.3) is 22.0 Å². The number of aryl methyl sites for hydroxylation is 1. The van der Waals surface area contributed by atoms with E-state index >= 15 is 0 Å². The fourth-order valence-electron chi connectivity index (χ4n) is 3.33. The minimum absolute atomic E-state index is 0.169. The molecular weight excluding hydrogens is 426 g/mol. The second kappa shape index (κ2) is 9.65. The maximum atomic E-state index is 12.6. The number of ether oxygens (including phenoxy) is 1. The van der Waals surface area contributed by atoms with Crippen LogP contribution in [0.4, 0.5) is 0 Å². The zero-order valence-electron chi connectivity index (χ0n) is 17.3. The number of nitrogens with zero attached hydrogens (tertiary/aromatic N) is 3. The summed E-state index contributed by atoms with van der Waals surface area (Å²) in [5.74, 6) is -0.160. The van der Waals surface area contributed by atoms with Crippen molar-refractivity contribution >= 4 is 28.6 Å². The van der Waals surface area contributed by atoms with E-state index in [0.717, 1.165) is 21.8 Å². The largest absolute Gasteiger partial charge is 0.497 e. The summed E-state index contributed by atoms with van der Waals surface area (Å²) in [6.45, 7) is 0.169. The molecule has 1 N–H and O–H groups in total. The van der Waals surface area contributed by atoms with Crippen LogP contribution >= 0.6 is 11.8 Å². The Labute approximate surface area is 188 Å². The van der Waals surface area contributed by atoms with E-state index in [1.54, 1.807) is 31.4 Å². The molecule has 0 aliphatic carbocycles. The standard InChI is InChI=1S/C24H21N3O4S/c1-31-18-6-4-5-17(15-18)16-9-11-19(12-10-16)32-22(24(29)30)13-14-27-23(28)20-7-2-3-8-21(20)25-26-27/h2-12,15,22H,13-14H2,1H3,(H,29,30). The number of rotatable bonds is 8. The van der Waals surface area contributed by atoms with Crippen LogP contribution < -0.4 is 10.3 Å². The molecule has 8 heteroatoms.